The molecule has 0 spiro atoms. The van der Waals surface area contributed by atoms with E-state index in [1.54, 1.807) is 6.33 Å². The fourth-order valence-electron chi connectivity index (χ4n) is 3.15. The van der Waals surface area contributed by atoms with E-state index < -0.39 is 0 Å². The zero-order chi connectivity index (χ0) is 15.1. The number of aromatic amines is 1. The fourth-order valence-corrected chi connectivity index (χ4v) is 3.33. The van der Waals surface area contributed by atoms with Gasteiger partial charge in [-0.15, -0.1) is 0 Å². The molecule has 112 valence electrons. The fraction of sp³-hybridized carbons (Fsp3) is 0.235. The lowest BCUT2D eigenvalue weighted by Crippen LogP contribution is -2.33. The van der Waals surface area contributed by atoms with E-state index in [-0.39, 0.29) is 6.04 Å². The summed E-state index contributed by atoms with van der Waals surface area (Å²) in [4.78, 5) is 9.79. The minimum absolute atomic E-state index is 0.0695. The molecule has 1 unspecified atom stereocenters. The summed E-state index contributed by atoms with van der Waals surface area (Å²) < 4.78 is 0. The number of anilines is 1. The highest BCUT2D eigenvalue weighted by Gasteiger charge is 2.22. The van der Waals surface area contributed by atoms with Crippen molar-refractivity contribution in [1.29, 1.82) is 0 Å². The second kappa shape index (κ2) is 5.30. The van der Waals surface area contributed by atoms with Crippen LogP contribution in [0.4, 0.5) is 5.69 Å². The average Bonchev–Trinajstić information content (AvgIpc) is 2.98. The number of nitrogens with two attached hydrogens (primary N) is 1. The number of benzene rings is 2. The highest BCUT2D eigenvalue weighted by Crippen LogP contribution is 2.35. The zero-order valence-corrected chi connectivity index (χ0v) is 12.8. The van der Waals surface area contributed by atoms with Gasteiger partial charge in [-0.05, 0) is 47.9 Å². The molecule has 22 heavy (non-hydrogen) atoms. The third kappa shape index (κ3) is 2.34. The molecule has 1 aromatic heterocycles. The van der Waals surface area contributed by atoms with Gasteiger partial charge in [0.2, 0.25) is 0 Å². The topological polar surface area (TPSA) is 57.9 Å². The Bertz CT molecular complexity index is 826. The summed E-state index contributed by atoms with van der Waals surface area (Å²) in [5.74, 6) is 0. The predicted molar refractivity (Wildman–Crippen MR) is 90.1 cm³/mol. The molecule has 2 aromatic carbocycles. The number of hydrogen-bond acceptors (Lipinski definition) is 3. The van der Waals surface area contributed by atoms with Gasteiger partial charge in [0.05, 0.1) is 17.4 Å². The van der Waals surface area contributed by atoms with Gasteiger partial charge in [0.15, 0.2) is 0 Å². The maximum absolute atomic E-state index is 6.23. The number of hydrogen-bond donors (Lipinski definition) is 2. The Morgan fingerprint density at radius 1 is 1.27 bits per heavy atom. The van der Waals surface area contributed by atoms with Gasteiger partial charge in [0, 0.05) is 29.8 Å². The second-order valence-electron chi connectivity index (χ2n) is 5.77. The monoisotopic (exact) mass is 312 g/mol. The number of nitrogens with one attached hydrogen (secondary N) is 1. The molecule has 0 aliphatic carbocycles. The molecular weight excluding hydrogens is 296 g/mol. The third-order valence-electron chi connectivity index (χ3n) is 4.30. The predicted octanol–water partition coefficient (Wildman–Crippen LogP) is 3.63. The van der Waals surface area contributed by atoms with Crippen LogP contribution in [0.1, 0.15) is 23.6 Å². The first-order chi connectivity index (χ1) is 10.7. The smallest absolute Gasteiger partial charge is 0.0931 e. The Kier molecular flexibility index (Phi) is 3.28. The molecule has 0 radical (unpaired) electrons. The maximum atomic E-state index is 6.23. The van der Waals surface area contributed by atoms with Crippen LogP contribution in [-0.2, 0) is 6.54 Å². The van der Waals surface area contributed by atoms with Crippen LogP contribution < -0.4 is 10.6 Å². The van der Waals surface area contributed by atoms with Crippen LogP contribution in [0.15, 0.2) is 42.7 Å². The molecule has 0 saturated heterocycles. The summed E-state index contributed by atoms with van der Waals surface area (Å²) in [6.07, 6.45) is 2.67. The van der Waals surface area contributed by atoms with Crippen molar-refractivity contribution < 1.29 is 0 Å². The van der Waals surface area contributed by atoms with Crippen LogP contribution in [0, 0.1) is 0 Å². The molecule has 1 aliphatic heterocycles. The number of rotatable bonds is 2. The Morgan fingerprint density at radius 3 is 3.09 bits per heavy atom. The van der Waals surface area contributed by atoms with Crippen molar-refractivity contribution in [2.45, 2.75) is 19.0 Å². The van der Waals surface area contributed by atoms with E-state index in [0.717, 1.165) is 41.1 Å². The molecule has 0 saturated carbocycles. The van der Waals surface area contributed by atoms with E-state index in [4.69, 9.17) is 17.3 Å². The van der Waals surface area contributed by atoms with Gasteiger partial charge < -0.3 is 15.6 Å². The van der Waals surface area contributed by atoms with Gasteiger partial charge in [0.1, 0.15) is 0 Å². The molecule has 4 rings (SSSR count). The zero-order valence-electron chi connectivity index (χ0n) is 12.1. The molecule has 5 heteroatoms. The number of fused-ring (bicyclic) bond motifs is 2. The third-order valence-corrected chi connectivity index (χ3v) is 4.53. The van der Waals surface area contributed by atoms with Gasteiger partial charge in [-0.1, -0.05) is 17.7 Å². The van der Waals surface area contributed by atoms with Crippen LogP contribution in [-0.4, -0.2) is 16.5 Å². The number of nitrogens with zero attached hydrogens (tertiary/aromatic N) is 2. The lowest BCUT2D eigenvalue weighted by Gasteiger charge is -2.34. The van der Waals surface area contributed by atoms with E-state index in [0.29, 0.717) is 0 Å². The van der Waals surface area contributed by atoms with Crippen molar-refractivity contribution in [3.63, 3.8) is 0 Å². The molecule has 1 atom stereocenters. The van der Waals surface area contributed by atoms with E-state index in [1.165, 1.54) is 11.3 Å². The molecule has 4 nitrogen and oxygen atoms in total. The quantitative estimate of drug-likeness (QED) is 0.759. The van der Waals surface area contributed by atoms with E-state index in [9.17, 15) is 0 Å². The number of aromatic nitrogens is 2. The molecule has 1 aliphatic rings. The SMILES string of the molecule is NC1CCN(Cc2ccc3nc[nH]c3c2)c2ccc(Cl)cc21. The van der Waals surface area contributed by atoms with Crippen molar-refractivity contribution in [3.05, 3.63) is 58.9 Å². The van der Waals surface area contributed by atoms with Crippen LogP contribution >= 0.6 is 11.6 Å². The highest BCUT2D eigenvalue weighted by atomic mass is 35.5. The van der Waals surface area contributed by atoms with Crippen molar-refractivity contribution in [2.75, 3.05) is 11.4 Å². The molecule has 2 heterocycles. The number of H-pyrrole nitrogens is 1. The number of halogens is 1. The lowest BCUT2D eigenvalue weighted by molar-refractivity contribution is 0.590. The summed E-state index contributed by atoms with van der Waals surface area (Å²) in [7, 11) is 0. The summed E-state index contributed by atoms with van der Waals surface area (Å²) in [6.45, 7) is 1.81. The average molecular weight is 313 g/mol. The van der Waals surface area contributed by atoms with Crippen LogP contribution in [0.2, 0.25) is 5.02 Å². The van der Waals surface area contributed by atoms with E-state index in [2.05, 4.69) is 39.1 Å². The van der Waals surface area contributed by atoms with E-state index >= 15 is 0 Å². The van der Waals surface area contributed by atoms with Crippen molar-refractivity contribution >= 4 is 28.3 Å². The standard InChI is InChI=1S/C17H17ClN4/c18-12-2-4-17-13(8-12)14(19)5-6-22(17)9-11-1-3-15-16(7-11)21-10-20-15/h1-4,7-8,10,14H,5-6,9,19H2,(H,20,21). The van der Waals surface area contributed by atoms with Crippen molar-refractivity contribution in [2.24, 2.45) is 5.73 Å². The minimum atomic E-state index is 0.0695. The molecule has 0 bridgehead atoms. The Labute approximate surface area is 133 Å². The van der Waals surface area contributed by atoms with E-state index in [1.807, 2.05) is 12.1 Å². The summed E-state index contributed by atoms with van der Waals surface area (Å²) >= 11 is 6.12. The maximum Gasteiger partial charge on any atom is 0.0931 e. The largest absolute Gasteiger partial charge is 0.367 e. The first kappa shape index (κ1) is 13.6. The van der Waals surface area contributed by atoms with Gasteiger partial charge in [-0.25, -0.2) is 4.98 Å². The van der Waals surface area contributed by atoms with Crippen molar-refractivity contribution in [3.8, 4) is 0 Å². The summed E-state index contributed by atoms with van der Waals surface area (Å²) in [6, 6.07) is 12.4. The van der Waals surface area contributed by atoms with Gasteiger partial charge in [0.25, 0.3) is 0 Å². The van der Waals surface area contributed by atoms with Gasteiger partial charge in [-0.2, -0.15) is 0 Å². The van der Waals surface area contributed by atoms with Gasteiger partial charge >= 0.3 is 0 Å². The number of imidazole rings is 1. The highest BCUT2D eigenvalue weighted by molar-refractivity contribution is 6.30. The Balaban J connectivity index is 1.67. The first-order valence-corrected chi connectivity index (χ1v) is 7.80. The van der Waals surface area contributed by atoms with Gasteiger partial charge in [-0.3, -0.25) is 0 Å². The minimum Gasteiger partial charge on any atom is -0.367 e. The van der Waals surface area contributed by atoms with Crippen LogP contribution in [0.3, 0.4) is 0 Å². The molecule has 0 amide bonds. The molecule has 3 aromatic rings. The molecule has 3 N–H and O–H groups in total. The van der Waals surface area contributed by atoms with Crippen LogP contribution in [0.25, 0.3) is 11.0 Å². The second-order valence-corrected chi connectivity index (χ2v) is 6.21. The normalized spacial score (nSPS) is 17.7. The molecular formula is C17H17ClN4. The Morgan fingerprint density at radius 2 is 2.18 bits per heavy atom. The summed E-state index contributed by atoms with van der Waals surface area (Å²) in [5.41, 5.74) is 11.9. The summed E-state index contributed by atoms with van der Waals surface area (Å²) in [5, 5.41) is 0.745. The van der Waals surface area contributed by atoms with Crippen molar-refractivity contribution in [1.82, 2.24) is 9.97 Å². The van der Waals surface area contributed by atoms with Crippen LogP contribution in [0.5, 0.6) is 0 Å². The Hall–Kier alpha value is -2.04. The molecule has 0 fully saturated rings. The first-order valence-electron chi connectivity index (χ1n) is 7.43. The lowest BCUT2D eigenvalue weighted by atomic mass is 9.96.